The molecule has 0 aliphatic heterocycles. The van der Waals surface area contributed by atoms with E-state index < -0.39 is 0 Å². The number of rotatable bonds is 2. The van der Waals surface area contributed by atoms with Crippen LogP contribution < -0.4 is 10.6 Å². The Morgan fingerprint density at radius 2 is 1.88 bits per heavy atom. The molecule has 2 unspecified atom stereocenters. The number of hydrogen-bond donors (Lipinski definition) is 1. The van der Waals surface area contributed by atoms with Gasteiger partial charge >= 0.3 is 0 Å². The van der Waals surface area contributed by atoms with Crippen LogP contribution in [0.25, 0.3) is 0 Å². The summed E-state index contributed by atoms with van der Waals surface area (Å²) in [6, 6.07) is 7.55. The van der Waals surface area contributed by atoms with E-state index in [1.807, 2.05) is 31.3 Å². The number of nitrogens with zero attached hydrogens (tertiary/aromatic N) is 1. The van der Waals surface area contributed by atoms with Crippen LogP contribution in [0.4, 0.5) is 11.4 Å². The average molecular weight is 230 g/mol. The molecule has 0 spiro atoms. The quantitative estimate of drug-likeness (QED) is 0.792. The van der Waals surface area contributed by atoms with Gasteiger partial charge in [0.25, 0.3) is 0 Å². The van der Waals surface area contributed by atoms with E-state index in [0.29, 0.717) is 5.69 Å². The van der Waals surface area contributed by atoms with E-state index in [9.17, 15) is 4.79 Å². The molecule has 0 heterocycles. The van der Waals surface area contributed by atoms with E-state index >= 15 is 0 Å². The second-order valence-corrected chi connectivity index (χ2v) is 5.38. The Labute approximate surface area is 102 Å². The van der Waals surface area contributed by atoms with Crippen LogP contribution in [0.5, 0.6) is 0 Å². The number of amides is 1. The van der Waals surface area contributed by atoms with Crippen molar-refractivity contribution in [2.45, 2.75) is 19.3 Å². The zero-order valence-electron chi connectivity index (χ0n) is 10.1. The Morgan fingerprint density at radius 1 is 1.24 bits per heavy atom. The summed E-state index contributed by atoms with van der Waals surface area (Å²) in [5.41, 5.74) is 7.40. The zero-order chi connectivity index (χ0) is 12.0. The molecule has 17 heavy (non-hydrogen) atoms. The van der Waals surface area contributed by atoms with Gasteiger partial charge in [-0.1, -0.05) is 12.1 Å². The van der Waals surface area contributed by atoms with Gasteiger partial charge in [-0.2, -0.15) is 0 Å². The van der Waals surface area contributed by atoms with Gasteiger partial charge in [-0.3, -0.25) is 4.79 Å². The largest absolute Gasteiger partial charge is 0.397 e. The normalized spacial score (nSPS) is 29.8. The van der Waals surface area contributed by atoms with Crippen molar-refractivity contribution in [1.82, 2.24) is 0 Å². The topological polar surface area (TPSA) is 46.3 Å². The summed E-state index contributed by atoms with van der Waals surface area (Å²) in [6.45, 7) is 0. The number of carbonyl (C=O) groups is 1. The molecule has 2 atom stereocenters. The Kier molecular flexibility index (Phi) is 2.35. The first-order chi connectivity index (χ1) is 8.16. The second-order valence-electron chi connectivity index (χ2n) is 5.38. The maximum absolute atomic E-state index is 12.3. The fraction of sp³-hybridized carbons (Fsp3) is 0.500. The molecular formula is C14H18N2O. The van der Waals surface area contributed by atoms with E-state index in [4.69, 9.17) is 5.73 Å². The highest BCUT2D eigenvalue weighted by Crippen LogP contribution is 2.54. The van der Waals surface area contributed by atoms with Crippen LogP contribution in [0.3, 0.4) is 0 Å². The van der Waals surface area contributed by atoms with Gasteiger partial charge in [-0.05, 0) is 43.2 Å². The number of anilines is 2. The molecule has 1 aromatic rings. The molecule has 0 bridgehead atoms. The minimum absolute atomic E-state index is 0.225. The van der Waals surface area contributed by atoms with Gasteiger partial charge in [-0.25, -0.2) is 0 Å². The number of nitrogens with two attached hydrogens (primary N) is 1. The van der Waals surface area contributed by atoms with E-state index in [-0.39, 0.29) is 11.8 Å². The Balaban J connectivity index is 1.75. The molecule has 1 amide bonds. The molecule has 1 aromatic carbocycles. The monoisotopic (exact) mass is 230 g/mol. The lowest BCUT2D eigenvalue weighted by Crippen LogP contribution is -2.32. The van der Waals surface area contributed by atoms with Gasteiger partial charge in [0.15, 0.2) is 0 Å². The maximum atomic E-state index is 12.3. The molecule has 2 N–H and O–H groups in total. The minimum Gasteiger partial charge on any atom is -0.397 e. The van der Waals surface area contributed by atoms with E-state index in [1.54, 1.807) is 4.90 Å². The molecule has 2 saturated carbocycles. The summed E-state index contributed by atoms with van der Waals surface area (Å²) in [7, 11) is 1.83. The predicted octanol–water partition coefficient (Wildman–Crippen LogP) is 2.28. The Hall–Kier alpha value is -1.51. The van der Waals surface area contributed by atoms with Crippen molar-refractivity contribution in [1.29, 1.82) is 0 Å². The maximum Gasteiger partial charge on any atom is 0.229 e. The molecule has 2 aliphatic carbocycles. The molecule has 0 saturated heterocycles. The lowest BCUT2D eigenvalue weighted by atomic mass is 10.0. The highest BCUT2D eigenvalue weighted by atomic mass is 16.2. The number of benzene rings is 1. The van der Waals surface area contributed by atoms with Crippen molar-refractivity contribution in [3.05, 3.63) is 24.3 Å². The third kappa shape index (κ3) is 1.79. The van der Waals surface area contributed by atoms with Crippen molar-refractivity contribution >= 4 is 17.3 Å². The number of para-hydroxylation sites is 2. The second kappa shape index (κ2) is 3.76. The third-order valence-corrected chi connectivity index (χ3v) is 4.22. The van der Waals surface area contributed by atoms with Crippen LogP contribution in [0, 0.1) is 17.8 Å². The summed E-state index contributed by atoms with van der Waals surface area (Å²) in [5.74, 6) is 2.13. The van der Waals surface area contributed by atoms with E-state index in [2.05, 4.69) is 0 Å². The first-order valence-corrected chi connectivity index (χ1v) is 6.29. The number of carbonyl (C=O) groups excluding carboxylic acids is 1. The van der Waals surface area contributed by atoms with Crippen LogP contribution in [0.1, 0.15) is 19.3 Å². The molecule has 2 fully saturated rings. The highest BCUT2D eigenvalue weighted by Gasteiger charge is 2.48. The minimum atomic E-state index is 0.225. The lowest BCUT2D eigenvalue weighted by molar-refractivity contribution is -0.122. The fourth-order valence-electron chi connectivity index (χ4n) is 3.10. The third-order valence-electron chi connectivity index (χ3n) is 4.22. The van der Waals surface area contributed by atoms with Crippen LogP contribution in [0.2, 0.25) is 0 Å². The summed E-state index contributed by atoms with van der Waals surface area (Å²) in [4.78, 5) is 14.1. The standard InChI is InChI=1S/C14H18N2O/c1-16(13-5-3-2-4-12(13)15)14(17)11-7-9-6-10(9)8-11/h2-5,9-11H,6-8,15H2,1H3. The van der Waals surface area contributed by atoms with Gasteiger partial charge in [0.05, 0.1) is 11.4 Å². The van der Waals surface area contributed by atoms with Gasteiger partial charge in [0.2, 0.25) is 5.91 Å². The van der Waals surface area contributed by atoms with Crippen molar-refractivity contribution in [2.75, 3.05) is 17.7 Å². The molecule has 0 aromatic heterocycles. The van der Waals surface area contributed by atoms with E-state index in [1.165, 1.54) is 6.42 Å². The van der Waals surface area contributed by atoms with Gasteiger partial charge in [0, 0.05) is 13.0 Å². The molecule has 90 valence electrons. The number of hydrogen-bond acceptors (Lipinski definition) is 2. The summed E-state index contributed by atoms with van der Waals surface area (Å²) in [5, 5.41) is 0. The molecular weight excluding hydrogens is 212 g/mol. The Bertz CT molecular complexity index is 447. The molecule has 3 rings (SSSR count). The summed E-state index contributed by atoms with van der Waals surface area (Å²) < 4.78 is 0. The summed E-state index contributed by atoms with van der Waals surface area (Å²) >= 11 is 0. The zero-order valence-corrected chi connectivity index (χ0v) is 10.1. The molecule has 2 aliphatic rings. The fourth-order valence-corrected chi connectivity index (χ4v) is 3.10. The molecule has 3 nitrogen and oxygen atoms in total. The molecule has 3 heteroatoms. The first-order valence-electron chi connectivity index (χ1n) is 6.29. The van der Waals surface area contributed by atoms with Crippen molar-refractivity contribution in [2.24, 2.45) is 17.8 Å². The van der Waals surface area contributed by atoms with Gasteiger partial charge in [-0.15, -0.1) is 0 Å². The van der Waals surface area contributed by atoms with E-state index in [0.717, 1.165) is 30.4 Å². The van der Waals surface area contributed by atoms with Crippen molar-refractivity contribution in [3.8, 4) is 0 Å². The van der Waals surface area contributed by atoms with Crippen LogP contribution >= 0.6 is 0 Å². The Morgan fingerprint density at radius 3 is 2.53 bits per heavy atom. The van der Waals surface area contributed by atoms with Crippen molar-refractivity contribution in [3.63, 3.8) is 0 Å². The highest BCUT2D eigenvalue weighted by molar-refractivity contribution is 5.97. The van der Waals surface area contributed by atoms with Gasteiger partial charge < -0.3 is 10.6 Å². The van der Waals surface area contributed by atoms with Crippen molar-refractivity contribution < 1.29 is 4.79 Å². The SMILES string of the molecule is CN(C(=O)C1CC2CC2C1)c1ccccc1N. The number of nitrogen functional groups attached to an aromatic ring is 1. The predicted molar refractivity (Wildman–Crippen MR) is 68.6 cm³/mol. The lowest BCUT2D eigenvalue weighted by Gasteiger charge is -2.23. The number of fused-ring (bicyclic) bond motifs is 1. The molecule has 0 radical (unpaired) electrons. The van der Waals surface area contributed by atoms with Crippen LogP contribution in [0.15, 0.2) is 24.3 Å². The van der Waals surface area contributed by atoms with Crippen LogP contribution in [-0.2, 0) is 4.79 Å². The van der Waals surface area contributed by atoms with Gasteiger partial charge in [0.1, 0.15) is 0 Å². The summed E-state index contributed by atoms with van der Waals surface area (Å²) in [6.07, 6.45) is 3.52. The average Bonchev–Trinajstić information content (AvgIpc) is 2.95. The smallest absolute Gasteiger partial charge is 0.229 e. The first kappa shape index (κ1) is 10.6. The van der Waals surface area contributed by atoms with Crippen LogP contribution in [-0.4, -0.2) is 13.0 Å².